The summed E-state index contributed by atoms with van der Waals surface area (Å²) in [6, 6.07) is 7.42. The van der Waals surface area contributed by atoms with Crippen LogP contribution in [0.3, 0.4) is 0 Å². The van der Waals surface area contributed by atoms with Crippen molar-refractivity contribution in [1.29, 1.82) is 0 Å². The van der Waals surface area contributed by atoms with Gasteiger partial charge >= 0.3 is 0 Å². The highest BCUT2D eigenvalue weighted by molar-refractivity contribution is 6.30. The Hall–Kier alpha value is -0.730. The summed E-state index contributed by atoms with van der Waals surface area (Å²) in [5.74, 6) is 0.863. The minimum Gasteiger partial charge on any atom is -0.493 e. The molecule has 0 saturated carbocycles. The molecule has 76 valence electrons. The van der Waals surface area contributed by atoms with Gasteiger partial charge in [-0.2, -0.15) is 0 Å². The van der Waals surface area contributed by atoms with Gasteiger partial charge in [0.1, 0.15) is 5.75 Å². The fourth-order valence-corrected chi connectivity index (χ4v) is 1.45. The third-order valence-corrected chi connectivity index (χ3v) is 2.55. The predicted molar refractivity (Wildman–Crippen MR) is 55.9 cm³/mol. The van der Waals surface area contributed by atoms with Crippen molar-refractivity contribution < 1.29 is 9.47 Å². The minimum absolute atomic E-state index is 0.194. The second kappa shape index (κ2) is 3.79. The second-order valence-electron chi connectivity index (χ2n) is 4.05. The van der Waals surface area contributed by atoms with Gasteiger partial charge < -0.3 is 9.47 Å². The molecular weight excluding hydrogens is 200 g/mol. The van der Waals surface area contributed by atoms with Crippen LogP contribution in [0.15, 0.2) is 24.3 Å². The van der Waals surface area contributed by atoms with Crippen LogP contribution >= 0.6 is 11.6 Å². The highest BCUT2D eigenvalue weighted by atomic mass is 35.5. The fourth-order valence-electron chi connectivity index (χ4n) is 1.32. The maximum atomic E-state index is 5.76. The molecule has 0 unspecified atom stereocenters. The first-order valence-corrected chi connectivity index (χ1v) is 5.02. The Bertz CT molecular complexity index is 304. The van der Waals surface area contributed by atoms with Gasteiger partial charge in [0.25, 0.3) is 0 Å². The summed E-state index contributed by atoms with van der Waals surface area (Å²) in [4.78, 5) is 0. The number of benzene rings is 1. The van der Waals surface area contributed by atoms with Crippen LogP contribution in [0, 0.1) is 5.41 Å². The molecule has 1 saturated heterocycles. The van der Waals surface area contributed by atoms with Crippen LogP contribution < -0.4 is 4.74 Å². The average molecular weight is 213 g/mol. The number of ether oxygens (including phenoxy) is 2. The third-order valence-electron chi connectivity index (χ3n) is 2.30. The Morgan fingerprint density at radius 2 is 2.00 bits per heavy atom. The van der Waals surface area contributed by atoms with Crippen molar-refractivity contribution in [2.75, 3.05) is 19.8 Å². The van der Waals surface area contributed by atoms with Crippen molar-refractivity contribution in [3.63, 3.8) is 0 Å². The van der Waals surface area contributed by atoms with Crippen LogP contribution in [0.25, 0.3) is 0 Å². The van der Waals surface area contributed by atoms with E-state index in [9.17, 15) is 0 Å². The zero-order valence-electron chi connectivity index (χ0n) is 8.13. The molecule has 1 aliphatic rings. The van der Waals surface area contributed by atoms with Gasteiger partial charge in [0.05, 0.1) is 19.8 Å². The molecule has 0 aliphatic carbocycles. The lowest BCUT2D eigenvalue weighted by molar-refractivity contribution is -0.120. The molecular formula is C11H13ClO2. The van der Waals surface area contributed by atoms with Gasteiger partial charge in [-0.3, -0.25) is 0 Å². The monoisotopic (exact) mass is 212 g/mol. The van der Waals surface area contributed by atoms with Crippen LogP contribution in [-0.4, -0.2) is 19.8 Å². The SMILES string of the molecule is CC1(COc2ccc(Cl)cc2)COC1. The fraction of sp³-hybridized carbons (Fsp3) is 0.455. The van der Waals surface area contributed by atoms with Gasteiger partial charge in [-0.1, -0.05) is 18.5 Å². The highest BCUT2D eigenvalue weighted by Crippen LogP contribution is 2.27. The van der Waals surface area contributed by atoms with E-state index in [1.165, 1.54) is 0 Å². The standard InChI is InChI=1S/C11H13ClO2/c1-11(6-13-7-11)8-14-10-4-2-9(12)3-5-10/h2-5H,6-8H2,1H3. The molecule has 0 radical (unpaired) electrons. The molecule has 1 aromatic carbocycles. The Labute approximate surface area is 88.8 Å². The first kappa shape index (κ1) is 9.81. The first-order chi connectivity index (χ1) is 6.68. The Kier molecular flexibility index (Phi) is 2.66. The second-order valence-corrected chi connectivity index (χ2v) is 4.48. The molecule has 0 atom stereocenters. The largest absolute Gasteiger partial charge is 0.493 e. The summed E-state index contributed by atoms with van der Waals surface area (Å²) >= 11 is 5.76. The minimum atomic E-state index is 0.194. The number of hydrogen-bond donors (Lipinski definition) is 0. The van der Waals surface area contributed by atoms with Crippen molar-refractivity contribution in [2.45, 2.75) is 6.92 Å². The summed E-state index contributed by atoms with van der Waals surface area (Å²) < 4.78 is 10.8. The maximum absolute atomic E-state index is 5.76. The lowest BCUT2D eigenvalue weighted by atomic mass is 9.90. The Morgan fingerprint density at radius 1 is 1.36 bits per heavy atom. The van der Waals surface area contributed by atoms with Crippen LogP contribution in [0.4, 0.5) is 0 Å². The summed E-state index contributed by atoms with van der Waals surface area (Å²) in [6.07, 6.45) is 0. The smallest absolute Gasteiger partial charge is 0.119 e. The van der Waals surface area contributed by atoms with Crippen LogP contribution in [0.5, 0.6) is 5.75 Å². The van der Waals surface area contributed by atoms with E-state index < -0.39 is 0 Å². The number of halogens is 1. The van der Waals surface area contributed by atoms with Gasteiger partial charge in [-0.15, -0.1) is 0 Å². The van der Waals surface area contributed by atoms with E-state index in [1.807, 2.05) is 24.3 Å². The van der Waals surface area contributed by atoms with Crippen LogP contribution in [-0.2, 0) is 4.74 Å². The zero-order chi connectivity index (χ0) is 10.0. The molecule has 1 fully saturated rings. The molecule has 0 bridgehead atoms. The van der Waals surface area contributed by atoms with Crippen molar-refractivity contribution in [1.82, 2.24) is 0 Å². The molecule has 0 N–H and O–H groups in total. The lowest BCUT2D eigenvalue weighted by Gasteiger charge is -2.37. The molecule has 2 rings (SSSR count). The molecule has 3 heteroatoms. The van der Waals surface area contributed by atoms with Crippen LogP contribution in [0.2, 0.25) is 5.02 Å². The molecule has 2 nitrogen and oxygen atoms in total. The number of rotatable bonds is 3. The van der Waals surface area contributed by atoms with E-state index in [1.54, 1.807) is 0 Å². The molecule has 0 aromatic heterocycles. The zero-order valence-corrected chi connectivity index (χ0v) is 8.88. The van der Waals surface area contributed by atoms with E-state index in [-0.39, 0.29) is 5.41 Å². The summed E-state index contributed by atoms with van der Waals surface area (Å²) in [5, 5.41) is 0.732. The topological polar surface area (TPSA) is 18.5 Å². The summed E-state index contributed by atoms with van der Waals surface area (Å²) in [6.45, 7) is 4.45. The van der Waals surface area contributed by atoms with E-state index in [2.05, 4.69) is 6.92 Å². The quantitative estimate of drug-likeness (QED) is 0.767. The van der Waals surface area contributed by atoms with Gasteiger partial charge in [0, 0.05) is 10.4 Å². The molecule has 0 spiro atoms. The Balaban J connectivity index is 1.88. The van der Waals surface area contributed by atoms with Crippen molar-refractivity contribution >= 4 is 11.6 Å². The Morgan fingerprint density at radius 3 is 2.50 bits per heavy atom. The highest BCUT2D eigenvalue weighted by Gasteiger charge is 2.34. The predicted octanol–water partition coefficient (Wildman–Crippen LogP) is 2.76. The number of hydrogen-bond acceptors (Lipinski definition) is 2. The normalized spacial score (nSPS) is 18.7. The molecule has 1 aromatic rings. The van der Waals surface area contributed by atoms with Crippen molar-refractivity contribution in [3.05, 3.63) is 29.3 Å². The third kappa shape index (κ3) is 2.20. The van der Waals surface area contributed by atoms with E-state index in [4.69, 9.17) is 21.1 Å². The van der Waals surface area contributed by atoms with E-state index >= 15 is 0 Å². The van der Waals surface area contributed by atoms with Gasteiger partial charge in [0.15, 0.2) is 0 Å². The molecule has 1 heterocycles. The van der Waals surface area contributed by atoms with Gasteiger partial charge in [0.2, 0.25) is 0 Å². The van der Waals surface area contributed by atoms with E-state index in [0.29, 0.717) is 6.61 Å². The maximum Gasteiger partial charge on any atom is 0.119 e. The van der Waals surface area contributed by atoms with Crippen molar-refractivity contribution in [2.24, 2.45) is 5.41 Å². The summed E-state index contributed by atoms with van der Waals surface area (Å²) in [5.41, 5.74) is 0.194. The first-order valence-electron chi connectivity index (χ1n) is 4.64. The van der Waals surface area contributed by atoms with Gasteiger partial charge in [-0.25, -0.2) is 0 Å². The average Bonchev–Trinajstić information content (AvgIpc) is 2.14. The lowest BCUT2D eigenvalue weighted by Crippen LogP contribution is -2.44. The molecule has 1 aliphatic heterocycles. The molecule has 0 amide bonds. The van der Waals surface area contributed by atoms with E-state index in [0.717, 1.165) is 24.0 Å². The van der Waals surface area contributed by atoms with Crippen LogP contribution in [0.1, 0.15) is 6.92 Å². The van der Waals surface area contributed by atoms with Gasteiger partial charge in [-0.05, 0) is 24.3 Å². The van der Waals surface area contributed by atoms with Crippen molar-refractivity contribution in [3.8, 4) is 5.75 Å². The summed E-state index contributed by atoms with van der Waals surface area (Å²) in [7, 11) is 0. The molecule has 14 heavy (non-hydrogen) atoms.